The van der Waals surface area contributed by atoms with Gasteiger partial charge < -0.3 is 24.4 Å². The molecule has 0 aliphatic rings. The average molecular weight is 515 g/mol. The van der Waals surface area contributed by atoms with Crippen LogP contribution >= 0.6 is 0 Å². The van der Waals surface area contributed by atoms with E-state index in [2.05, 4.69) is 65.2 Å². The van der Waals surface area contributed by atoms with E-state index in [1.165, 1.54) is 11.9 Å². The van der Waals surface area contributed by atoms with Crippen molar-refractivity contribution in [2.45, 2.75) is 32.6 Å². The van der Waals surface area contributed by atoms with Crippen LogP contribution in [-0.4, -0.2) is 43.7 Å². The minimum atomic E-state index is -0.0790. The molecule has 0 saturated heterocycles. The van der Waals surface area contributed by atoms with Crippen LogP contribution in [0.4, 0.5) is 11.4 Å². The van der Waals surface area contributed by atoms with Gasteiger partial charge in [0.25, 0.3) is 0 Å². The zero-order chi connectivity index (χ0) is 27.3. The lowest BCUT2D eigenvalue weighted by Crippen LogP contribution is -2.24. The molecule has 0 atom stereocenters. The lowest BCUT2D eigenvalue weighted by Gasteiger charge is -2.22. The lowest BCUT2D eigenvalue weighted by molar-refractivity contribution is -0.116. The first-order valence-electron chi connectivity index (χ1n) is 12.4. The van der Waals surface area contributed by atoms with Gasteiger partial charge in [-0.3, -0.25) is 4.79 Å². The standard InChI is InChI=1S/C30H34N4O4/c1-30(2,3)20-10-12-22(13-11-20)34(4)15-14-28(35)33-21-8-7-9-23(16-21)38-29-24-17-26(36-5)27(37-6)18-25(24)31-19-32-29/h7-13,16-19H,14-15H2,1-6H3,(H,33,35). The highest BCUT2D eigenvalue weighted by Crippen LogP contribution is 2.36. The summed E-state index contributed by atoms with van der Waals surface area (Å²) in [6, 6.07) is 19.3. The zero-order valence-electron chi connectivity index (χ0n) is 22.7. The predicted octanol–water partition coefficient (Wildman–Crippen LogP) is 6.20. The number of anilines is 2. The molecule has 3 aromatic carbocycles. The van der Waals surface area contributed by atoms with Crippen LogP contribution in [0.1, 0.15) is 32.8 Å². The molecule has 0 fully saturated rings. The summed E-state index contributed by atoms with van der Waals surface area (Å²) >= 11 is 0. The normalized spacial score (nSPS) is 11.2. The zero-order valence-corrected chi connectivity index (χ0v) is 22.7. The van der Waals surface area contributed by atoms with Crippen molar-refractivity contribution in [3.63, 3.8) is 0 Å². The number of methoxy groups -OCH3 is 2. The number of benzene rings is 3. The van der Waals surface area contributed by atoms with Gasteiger partial charge in [-0.1, -0.05) is 39.0 Å². The number of aromatic nitrogens is 2. The van der Waals surface area contributed by atoms with Gasteiger partial charge >= 0.3 is 0 Å². The Morgan fingerprint density at radius 2 is 1.66 bits per heavy atom. The monoisotopic (exact) mass is 514 g/mol. The van der Waals surface area contributed by atoms with Gasteiger partial charge in [-0.05, 0) is 41.3 Å². The maximum Gasteiger partial charge on any atom is 0.230 e. The number of carbonyl (C=O) groups is 1. The topological polar surface area (TPSA) is 85.8 Å². The van der Waals surface area contributed by atoms with Crippen LogP contribution in [0, 0.1) is 0 Å². The number of nitrogens with zero attached hydrogens (tertiary/aromatic N) is 3. The fourth-order valence-corrected chi connectivity index (χ4v) is 4.03. The molecule has 38 heavy (non-hydrogen) atoms. The van der Waals surface area contributed by atoms with E-state index in [1.807, 2.05) is 19.2 Å². The van der Waals surface area contributed by atoms with Crippen LogP contribution in [0.25, 0.3) is 10.9 Å². The molecule has 4 aromatic rings. The summed E-state index contributed by atoms with van der Waals surface area (Å²) in [6.45, 7) is 7.18. The summed E-state index contributed by atoms with van der Waals surface area (Å²) < 4.78 is 16.8. The van der Waals surface area contributed by atoms with Gasteiger partial charge in [-0.25, -0.2) is 9.97 Å². The Morgan fingerprint density at radius 3 is 2.34 bits per heavy atom. The molecular formula is C30H34N4O4. The number of amides is 1. The third-order valence-electron chi connectivity index (χ3n) is 6.28. The molecule has 0 spiro atoms. The molecule has 0 aliphatic heterocycles. The Balaban J connectivity index is 1.40. The minimum absolute atomic E-state index is 0.0790. The molecule has 1 N–H and O–H groups in total. The van der Waals surface area contributed by atoms with Gasteiger partial charge in [0.1, 0.15) is 12.1 Å². The summed E-state index contributed by atoms with van der Waals surface area (Å²) in [4.78, 5) is 23.4. The highest BCUT2D eigenvalue weighted by atomic mass is 16.5. The van der Waals surface area contributed by atoms with E-state index in [4.69, 9.17) is 14.2 Å². The SMILES string of the molecule is COc1cc2ncnc(Oc3cccc(NC(=O)CCN(C)c4ccc(C(C)(C)C)cc4)c3)c2cc1OC. The van der Waals surface area contributed by atoms with Gasteiger partial charge in [-0.2, -0.15) is 0 Å². The smallest absolute Gasteiger partial charge is 0.230 e. The molecule has 0 radical (unpaired) electrons. The fraction of sp³-hybridized carbons (Fsp3) is 0.300. The van der Waals surface area contributed by atoms with Crippen LogP contribution in [0.5, 0.6) is 23.1 Å². The highest BCUT2D eigenvalue weighted by molar-refractivity contribution is 5.91. The van der Waals surface area contributed by atoms with E-state index >= 15 is 0 Å². The van der Waals surface area contributed by atoms with E-state index in [0.29, 0.717) is 52.7 Å². The quantitative estimate of drug-likeness (QED) is 0.284. The Bertz CT molecular complexity index is 1410. The first kappa shape index (κ1) is 26.7. The van der Waals surface area contributed by atoms with Crippen LogP contribution in [0.2, 0.25) is 0 Å². The molecule has 0 unspecified atom stereocenters. The van der Waals surface area contributed by atoms with E-state index in [1.54, 1.807) is 38.5 Å². The molecule has 4 rings (SSSR count). The fourth-order valence-electron chi connectivity index (χ4n) is 4.03. The molecule has 1 amide bonds. The van der Waals surface area contributed by atoms with E-state index in [-0.39, 0.29) is 11.3 Å². The largest absolute Gasteiger partial charge is 0.493 e. The van der Waals surface area contributed by atoms with E-state index in [9.17, 15) is 4.79 Å². The molecule has 8 heteroatoms. The molecule has 1 heterocycles. The van der Waals surface area contributed by atoms with Crippen LogP contribution < -0.4 is 24.4 Å². The summed E-state index contributed by atoms with van der Waals surface area (Å²) in [5.74, 6) is 1.95. The molecule has 1 aromatic heterocycles. The average Bonchev–Trinajstić information content (AvgIpc) is 2.91. The second-order valence-electron chi connectivity index (χ2n) is 10.0. The Labute approximate surface area is 223 Å². The highest BCUT2D eigenvalue weighted by Gasteiger charge is 2.15. The third-order valence-corrected chi connectivity index (χ3v) is 6.28. The van der Waals surface area contributed by atoms with Gasteiger partial charge in [0, 0.05) is 43.5 Å². The van der Waals surface area contributed by atoms with Crippen molar-refractivity contribution in [1.29, 1.82) is 0 Å². The van der Waals surface area contributed by atoms with Gasteiger partial charge in [0.05, 0.1) is 25.1 Å². The Morgan fingerprint density at radius 1 is 0.947 bits per heavy atom. The number of carbonyl (C=O) groups excluding carboxylic acids is 1. The number of ether oxygens (including phenoxy) is 3. The second kappa shape index (κ2) is 11.4. The number of hydrogen-bond donors (Lipinski definition) is 1. The summed E-state index contributed by atoms with van der Waals surface area (Å²) in [5, 5.41) is 3.64. The van der Waals surface area contributed by atoms with Gasteiger partial charge in [0.15, 0.2) is 11.5 Å². The van der Waals surface area contributed by atoms with E-state index < -0.39 is 0 Å². The van der Waals surface area contributed by atoms with E-state index in [0.717, 1.165) is 5.69 Å². The molecule has 0 saturated carbocycles. The van der Waals surface area contributed by atoms with Gasteiger partial charge in [-0.15, -0.1) is 0 Å². The number of nitrogens with one attached hydrogen (secondary N) is 1. The maximum atomic E-state index is 12.7. The summed E-state index contributed by atoms with van der Waals surface area (Å²) in [7, 11) is 5.13. The molecule has 0 aliphatic carbocycles. The van der Waals surface area contributed by atoms with Crippen molar-refractivity contribution in [2.75, 3.05) is 38.0 Å². The van der Waals surface area contributed by atoms with Crippen LogP contribution in [0.15, 0.2) is 67.0 Å². The predicted molar refractivity (Wildman–Crippen MR) is 151 cm³/mol. The molecule has 198 valence electrons. The summed E-state index contributed by atoms with van der Waals surface area (Å²) in [5.41, 5.74) is 3.77. The Kier molecular flexibility index (Phi) is 8.00. The molecular weight excluding hydrogens is 480 g/mol. The number of hydrogen-bond acceptors (Lipinski definition) is 7. The van der Waals surface area contributed by atoms with Crippen molar-refractivity contribution in [1.82, 2.24) is 9.97 Å². The van der Waals surface area contributed by atoms with Crippen molar-refractivity contribution in [3.8, 4) is 23.1 Å². The van der Waals surface area contributed by atoms with Crippen LogP contribution in [0.3, 0.4) is 0 Å². The first-order valence-corrected chi connectivity index (χ1v) is 12.4. The molecule has 0 bridgehead atoms. The maximum absolute atomic E-state index is 12.7. The third kappa shape index (κ3) is 6.32. The van der Waals surface area contributed by atoms with Gasteiger partial charge in [0.2, 0.25) is 11.8 Å². The van der Waals surface area contributed by atoms with Crippen molar-refractivity contribution in [3.05, 3.63) is 72.6 Å². The molecule has 8 nitrogen and oxygen atoms in total. The minimum Gasteiger partial charge on any atom is -0.493 e. The number of fused-ring (bicyclic) bond motifs is 1. The summed E-state index contributed by atoms with van der Waals surface area (Å²) in [6.07, 6.45) is 1.78. The Hall–Kier alpha value is -4.33. The first-order chi connectivity index (χ1) is 18.2. The van der Waals surface area contributed by atoms with Crippen LogP contribution in [-0.2, 0) is 10.2 Å². The second-order valence-corrected chi connectivity index (χ2v) is 10.0. The van der Waals surface area contributed by atoms with Crippen molar-refractivity contribution in [2.24, 2.45) is 0 Å². The lowest BCUT2D eigenvalue weighted by atomic mass is 9.87. The van der Waals surface area contributed by atoms with Crippen molar-refractivity contribution < 1.29 is 19.0 Å². The number of rotatable bonds is 9. The van der Waals surface area contributed by atoms with Crippen molar-refractivity contribution >= 4 is 28.2 Å².